The van der Waals surface area contributed by atoms with Gasteiger partial charge in [-0.2, -0.15) is 13.2 Å². The van der Waals surface area contributed by atoms with E-state index in [0.29, 0.717) is 19.4 Å². The number of hydrogen-bond acceptors (Lipinski definition) is 4. The third kappa shape index (κ3) is 5.00. The minimum absolute atomic E-state index is 0.122. The number of halogens is 3. The van der Waals surface area contributed by atoms with Crippen LogP contribution in [0, 0.1) is 0 Å². The van der Waals surface area contributed by atoms with Crippen molar-refractivity contribution in [3.63, 3.8) is 0 Å². The van der Waals surface area contributed by atoms with E-state index in [-0.39, 0.29) is 12.2 Å². The molecule has 1 N–H and O–H groups in total. The summed E-state index contributed by atoms with van der Waals surface area (Å²) in [7, 11) is 0. The molecule has 1 aromatic rings. The highest BCUT2D eigenvalue weighted by Crippen LogP contribution is 2.37. The molecule has 0 heterocycles. The lowest BCUT2D eigenvalue weighted by molar-refractivity contribution is -0.156. The number of nitrogens with one attached hydrogen (secondary N) is 1. The van der Waals surface area contributed by atoms with Crippen LogP contribution in [-0.2, 0) is 20.4 Å². The molecule has 1 atom stereocenters. The average Bonchev–Trinajstić information content (AvgIpc) is 3.08. The van der Waals surface area contributed by atoms with Crippen molar-refractivity contribution in [2.75, 3.05) is 13.2 Å². The van der Waals surface area contributed by atoms with Gasteiger partial charge in [0.15, 0.2) is 6.04 Å². The van der Waals surface area contributed by atoms with Crippen LogP contribution in [0.25, 0.3) is 0 Å². The fraction of sp³-hybridized carbons (Fsp3) is 0.579. The largest absolute Gasteiger partial charge is 0.464 e. The normalized spacial score (nSPS) is 17.4. The van der Waals surface area contributed by atoms with Gasteiger partial charge in [0.2, 0.25) is 0 Å². The zero-order valence-electron chi connectivity index (χ0n) is 15.4. The number of benzene rings is 1. The highest BCUT2D eigenvalue weighted by Gasteiger charge is 2.48. The van der Waals surface area contributed by atoms with Gasteiger partial charge >= 0.3 is 12.1 Å². The summed E-state index contributed by atoms with van der Waals surface area (Å²) in [5.41, 5.74) is -2.01. The van der Waals surface area contributed by atoms with Crippen molar-refractivity contribution >= 4 is 11.9 Å². The first-order valence-corrected chi connectivity index (χ1v) is 9.02. The highest BCUT2D eigenvalue weighted by molar-refractivity contribution is 5.97. The summed E-state index contributed by atoms with van der Waals surface area (Å²) in [6.07, 6.45) is -1.78. The topological polar surface area (TPSA) is 64.6 Å². The van der Waals surface area contributed by atoms with Crippen LogP contribution in [0.15, 0.2) is 24.3 Å². The van der Waals surface area contributed by atoms with E-state index in [1.165, 1.54) is 6.07 Å². The molecule has 0 spiro atoms. The van der Waals surface area contributed by atoms with Gasteiger partial charge in [-0.25, -0.2) is 4.79 Å². The van der Waals surface area contributed by atoms with E-state index in [2.05, 4.69) is 5.32 Å². The van der Waals surface area contributed by atoms with E-state index in [9.17, 15) is 22.8 Å². The second-order valence-corrected chi connectivity index (χ2v) is 6.44. The molecule has 0 aliphatic heterocycles. The Labute approximate surface area is 156 Å². The van der Waals surface area contributed by atoms with Gasteiger partial charge in [-0.3, -0.25) is 4.79 Å². The Bertz CT molecular complexity index is 669. The van der Waals surface area contributed by atoms with Gasteiger partial charge in [-0.15, -0.1) is 0 Å². The minimum atomic E-state index is -4.56. The van der Waals surface area contributed by atoms with Crippen molar-refractivity contribution in [2.24, 2.45) is 0 Å². The quantitative estimate of drug-likeness (QED) is 0.725. The molecule has 0 saturated heterocycles. The first kappa shape index (κ1) is 21.2. The summed E-state index contributed by atoms with van der Waals surface area (Å²) in [6.45, 7) is 3.90. The summed E-state index contributed by atoms with van der Waals surface area (Å²) >= 11 is 0. The second-order valence-electron chi connectivity index (χ2n) is 6.44. The lowest BCUT2D eigenvalue weighted by atomic mass is 9.91. The van der Waals surface area contributed by atoms with E-state index in [1.807, 2.05) is 0 Å². The van der Waals surface area contributed by atoms with Gasteiger partial charge < -0.3 is 14.8 Å². The standard InChI is InChI=1S/C19H24F3NO4/c1-3-26-17(25)15(18(27-4-2)10-5-6-11-18)23-16(24)13-8-7-9-14(12-13)19(20,21)22/h7-9,12,15H,3-6,10-11H2,1-2H3,(H,23,24)/t15-/m1/s1. The lowest BCUT2D eigenvalue weighted by Crippen LogP contribution is -2.57. The van der Waals surface area contributed by atoms with Crippen LogP contribution in [-0.4, -0.2) is 36.7 Å². The highest BCUT2D eigenvalue weighted by atomic mass is 19.4. The SMILES string of the molecule is CCOC(=O)[C@@H](NC(=O)c1cccc(C(F)(F)F)c1)C1(OCC)CCCC1. The van der Waals surface area contributed by atoms with Crippen LogP contribution in [0.2, 0.25) is 0 Å². The van der Waals surface area contributed by atoms with E-state index in [4.69, 9.17) is 9.47 Å². The Morgan fingerprint density at radius 2 is 1.85 bits per heavy atom. The Kier molecular flexibility index (Phi) is 6.86. The van der Waals surface area contributed by atoms with Gasteiger partial charge in [0.1, 0.15) is 0 Å². The molecule has 8 heteroatoms. The van der Waals surface area contributed by atoms with Gasteiger partial charge in [0, 0.05) is 12.2 Å². The number of alkyl halides is 3. The number of ether oxygens (including phenoxy) is 2. The predicted molar refractivity (Wildman–Crippen MR) is 92.2 cm³/mol. The number of carbonyl (C=O) groups is 2. The van der Waals surface area contributed by atoms with E-state index >= 15 is 0 Å². The van der Waals surface area contributed by atoms with Gasteiger partial charge in [-0.05, 0) is 44.9 Å². The molecule has 0 bridgehead atoms. The molecule has 0 unspecified atom stereocenters. The summed E-state index contributed by atoms with van der Waals surface area (Å²) in [5, 5.41) is 2.56. The fourth-order valence-electron chi connectivity index (χ4n) is 3.46. The molecule has 1 aliphatic rings. The van der Waals surface area contributed by atoms with Crippen molar-refractivity contribution in [2.45, 2.75) is 57.3 Å². The molecular weight excluding hydrogens is 363 g/mol. The third-order valence-electron chi connectivity index (χ3n) is 4.66. The van der Waals surface area contributed by atoms with Crippen LogP contribution in [0.1, 0.15) is 55.5 Å². The smallest absolute Gasteiger partial charge is 0.416 e. The molecule has 1 amide bonds. The monoisotopic (exact) mass is 387 g/mol. The van der Waals surface area contributed by atoms with E-state index in [0.717, 1.165) is 31.0 Å². The maximum Gasteiger partial charge on any atom is 0.416 e. The first-order valence-electron chi connectivity index (χ1n) is 9.02. The van der Waals surface area contributed by atoms with Crippen LogP contribution >= 0.6 is 0 Å². The van der Waals surface area contributed by atoms with Crippen LogP contribution < -0.4 is 5.32 Å². The molecule has 27 heavy (non-hydrogen) atoms. The Hall–Kier alpha value is -2.09. The molecule has 5 nitrogen and oxygen atoms in total. The van der Waals surface area contributed by atoms with Gasteiger partial charge in [0.05, 0.1) is 17.8 Å². The molecule has 0 radical (unpaired) electrons. The zero-order chi connectivity index (χ0) is 20.1. The maximum absolute atomic E-state index is 12.9. The van der Waals surface area contributed by atoms with Crippen molar-refractivity contribution in [1.82, 2.24) is 5.32 Å². The molecule has 1 aliphatic carbocycles. The third-order valence-corrected chi connectivity index (χ3v) is 4.66. The number of esters is 1. The first-order chi connectivity index (χ1) is 12.7. The Morgan fingerprint density at radius 1 is 1.19 bits per heavy atom. The molecule has 1 saturated carbocycles. The van der Waals surface area contributed by atoms with Crippen LogP contribution in [0.5, 0.6) is 0 Å². The van der Waals surface area contributed by atoms with Gasteiger partial charge in [-0.1, -0.05) is 18.9 Å². The Balaban J connectivity index is 2.29. The number of rotatable bonds is 7. The van der Waals surface area contributed by atoms with Crippen molar-refractivity contribution in [3.8, 4) is 0 Å². The average molecular weight is 387 g/mol. The Morgan fingerprint density at radius 3 is 2.41 bits per heavy atom. The molecule has 0 aromatic heterocycles. The summed E-state index contributed by atoms with van der Waals surface area (Å²) in [5.74, 6) is -1.42. The van der Waals surface area contributed by atoms with Crippen LogP contribution in [0.4, 0.5) is 13.2 Å². The summed E-state index contributed by atoms with van der Waals surface area (Å²) in [4.78, 5) is 25.1. The number of carbonyl (C=O) groups excluding carboxylic acids is 2. The fourth-order valence-corrected chi connectivity index (χ4v) is 3.46. The molecule has 150 valence electrons. The number of amides is 1. The van der Waals surface area contributed by atoms with Crippen molar-refractivity contribution < 1.29 is 32.2 Å². The molecule has 1 aromatic carbocycles. The van der Waals surface area contributed by atoms with E-state index in [1.54, 1.807) is 13.8 Å². The second kappa shape index (κ2) is 8.73. The lowest BCUT2D eigenvalue weighted by Gasteiger charge is -2.36. The zero-order valence-corrected chi connectivity index (χ0v) is 15.4. The van der Waals surface area contributed by atoms with Gasteiger partial charge in [0.25, 0.3) is 5.91 Å². The number of hydrogen-bond donors (Lipinski definition) is 1. The summed E-state index contributed by atoms with van der Waals surface area (Å²) < 4.78 is 49.6. The van der Waals surface area contributed by atoms with E-state index < -0.39 is 35.3 Å². The summed E-state index contributed by atoms with van der Waals surface area (Å²) in [6, 6.07) is 3.00. The maximum atomic E-state index is 12.9. The predicted octanol–water partition coefficient (Wildman–Crippen LogP) is 3.72. The molecule has 1 fully saturated rings. The van der Waals surface area contributed by atoms with Crippen molar-refractivity contribution in [1.29, 1.82) is 0 Å². The van der Waals surface area contributed by atoms with Crippen LogP contribution in [0.3, 0.4) is 0 Å². The molecular formula is C19H24F3NO4. The van der Waals surface area contributed by atoms with Crippen molar-refractivity contribution in [3.05, 3.63) is 35.4 Å². The minimum Gasteiger partial charge on any atom is -0.464 e. The molecule has 2 rings (SSSR count).